The number of rotatable bonds is 4. The monoisotopic (exact) mass is 290 g/mol. The highest BCUT2D eigenvalue weighted by atomic mass is 16.5. The fourth-order valence-corrected chi connectivity index (χ4v) is 2.22. The molecule has 2 N–H and O–H groups in total. The van der Waals surface area contributed by atoms with Crippen LogP contribution in [0.25, 0.3) is 0 Å². The number of ether oxygens (including phenoxy) is 2. The maximum atomic E-state index is 12.1. The minimum atomic E-state index is -0.538. The number of urea groups is 1. The zero-order valence-corrected chi connectivity index (χ0v) is 12.2. The molecule has 2 amide bonds. The average Bonchev–Trinajstić information content (AvgIpc) is 2.46. The lowest BCUT2D eigenvalue weighted by molar-refractivity contribution is -0.139. The second kappa shape index (κ2) is 6.30. The highest BCUT2D eigenvalue weighted by Crippen LogP contribution is 2.28. The van der Waals surface area contributed by atoms with Crippen LogP contribution < -0.4 is 15.4 Å². The largest absolute Gasteiger partial charge is 0.497 e. The second-order valence-corrected chi connectivity index (χ2v) is 4.56. The van der Waals surface area contributed by atoms with E-state index >= 15 is 0 Å². The van der Waals surface area contributed by atoms with Gasteiger partial charge in [0.2, 0.25) is 0 Å². The molecule has 0 aliphatic carbocycles. The van der Waals surface area contributed by atoms with E-state index in [-0.39, 0.29) is 12.6 Å². The molecular weight excluding hydrogens is 272 g/mol. The van der Waals surface area contributed by atoms with Crippen LogP contribution in [0, 0.1) is 0 Å². The molecule has 0 saturated carbocycles. The van der Waals surface area contributed by atoms with Gasteiger partial charge in [-0.25, -0.2) is 9.59 Å². The zero-order chi connectivity index (χ0) is 15.4. The number of amides is 2. The topological polar surface area (TPSA) is 76.7 Å². The van der Waals surface area contributed by atoms with Gasteiger partial charge in [-0.05, 0) is 31.5 Å². The summed E-state index contributed by atoms with van der Waals surface area (Å²) in [5, 5.41) is 5.34. The molecule has 1 atom stereocenters. The first-order valence-corrected chi connectivity index (χ1v) is 6.66. The van der Waals surface area contributed by atoms with Gasteiger partial charge in [-0.1, -0.05) is 12.1 Å². The van der Waals surface area contributed by atoms with E-state index in [0.29, 0.717) is 17.0 Å². The van der Waals surface area contributed by atoms with Crippen molar-refractivity contribution in [3.05, 3.63) is 41.1 Å². The number of nitrogens with one attached hydrogen (secondary N) is 2. The normalized spacial score (nSPS) is 17.9. The Labute approximate surface area is 123 Å². The van der Waals surface area contributed by atoms with Crippen LogP contribution in [0.3, 0.4) is 0 Å². The Hall–Kier alpha value is -2.50. The predicted molar refractivity (Wildman–Crippen MR) is 76.7 cm³/mol. The number of hydrogen-bond acceptors (Lipinski definition) is 4. The van der Waals surface area contributed by atoms with E-state index in [4.69, 9.17) is 9.47 Å². The van der Waals surface area contributed by atoms with Crippen LogP contribution in [0.5, 0.6) is 5.75 Å². The highest BCUT2D eigenvalue weighted by Gasteiger charge is 2.31. The molecule has 112 valence electrons. The molecule has 21 heavy (non-hydrogen) atoms. The summed E-state index contributed by atoms with van der Waals surface area (Å²) in [6.07, 6.45) is 0. The molecule has 6 nitrogen and oxygen atoms in total. The molecule has 6 heteroatoms. The average molecular weight is 290 g/mol. The minimum Gasteiger partial charge on any atom is -0.497 e. The maximum Gasteiger partial charge on any atom is 0.338 e. The van der Waals surface area contributed by atoms with Crippen LogP contribution >= 0.6 is 0 Å². The molecule has 0 aromatic heterocycles. The standard InChI is InChI=1S/C15H18N2O4/c1-4-21-14(18)12-9(2)16-15(19)17-13(12)10-5-7-11(20-3)8-6-10/h5-8,13H,4H2,1-3H3,(H2,16,17,19)/t13-/m1/s1. The summed E-state index contributed by atoms with van der Waals surface area (Å²) >= 11 is 0. The summed E-state index contributed by atoms with van der Waals surface area (Å²) in [6, 6.07) is 6.29. The van der Waals surface area contributed by atoms with Crippen molar-refractivity contribution in [2.75, 3.05) is 13.7 Å². The molecule has 1 aliphatic rings. The van der Waals surface area contributed by atoms with Gasteiger partial charge in [0.25, 0.3) is 0 Å². The lowest BCUT2D eigenvalue weighted by Crippen LogP contribution is -2.45. The van der Waals surface area contributed by atoms with Gasteiger partial charge >= 0.3 is 12.0 Å². The molecule has 1 aromatic rings. The second-order valence-electron chi connectivity index (χ2n) is 4.56. The first kappa shape index (κ1) is 14.9. The fourth-order valence-electron chi connectivity index (χ4n) is 2.22. The van der Waals surface area contributed by atoms with E-state index in [2.05, 4.69) is 10.6 Å². The van der Waals surface area contributed by atoms with Crippen molar-refractivity contribution in [1.82, 2.24) is 10.6 Å². The Morgan fingerprint density at radius 3 is 2.52 bits per heavy atom. The van der Waals surface area contributed by atoms with Crippen LogP contribution in [0.4, 0.5) is 4.79 Å². The maximum absolute atomic E-state index is 12.1. The van der Waals surface area contributed by atoms with Crippen molar-refractivity contribution < 1.29 is 19.1 Å². The summed E-state index contributed by atoms with van der Waals surface area (Å²) in [4.78, 5) is 23.8. The lowest BCUT2D eigenvalue weighted by Gasteiger charge is -2.28. The molecule has 1 heterocycles. The Balaban J connectivity index is 2.39. The SMILES string of the molecule is CCOC(=O)C1=C(C)NC(=O)N[C@@H]1c1ccc(OC)cc1. The Morgan fingerprint density at radius 2 is 1.95 bits per heavy atom. The smallest absolute Gasteiger partial charge is 0.338 e. The third-order valence-electron chi connectivity index (χ3n) is 3.21. The number of carbonyl (C=O) groups is 2. The van der Waals surface area contributed by atoms with Crippen molar-refractivity contribution in [3.63, 3.8) is 0 Å². The van der Waals surface area contributed by atoms with Crippen molar-refractivity contribution in [2.45, 2.75) is 19.9 Å². The third kappa shape index (κ3) is 3.16. The van der Waals surface area contributed by atoms with E-state index in [1.807, 2.05) is 12.1 Å². The molecule has 2 rings (SSSR count). The van der Waals surface area contributed by atoms with Crippen LogP contribution in [0.15, 0.2) is 35.5 Å². The molecular formula is C15H18N2O4. The lowest BCUT2D eigenvalue weighted by atomic mass is 9.95. The first-order chi connectivity index (χ1) is 10.1. The van der Waals surface area contributed by atoms with Crippen LogP contribution in [0.2, 0.25) is 0 Å². The quantitative estimate of drug-likeness (QED) is 0.830. The summed E-state index contributed by atoms with van der Waals surface area (Å²) in [6.45, 7) is 3.70. The fraction of sp³-hybridized carbons (Fsp3) is 0.333. The third-order valence-corrected chi connectivity index (χ3v) is 3.21. The Bertz CT molecular complexity index is 578. The van der Waals surface area contributed by atoms with Gasteiger partial charge in [-0.15, -0.1) is 0 Å². The van der Waals surface area contributed by atoms with Gasteiger partial charge in [0.1, 0.15) is 5.75 Å². The van der Waals surface area contributed by atoms with Crippen molar-refractivity contribution in [2.24, 2.45) is 0 Å². The van der Waals surface area contributed by atoms with Crippen molar-refractivity contribution in [1.29, 1.82) is 0 Å². The van der Waals surface area contributed by atoms with E-state index in [1.165, 1.54) is 0 Å². The molecule has 0 saturated heterocycles. The van der Waals surface area contributed by atoms with Gasteiger partial charge in [0, 0.05) is 5.70 Å². The summed E-state index contributed by atoms with van der Waals surface area (Å²) < 4.78 is 10.2. The molecule has 0 fully saturated rings. The highest BCUT2D eigenvalue weighted by molar-refractivity contribution is 5.95. The number of benzene rings is 1. The first-order valence-electron chi connectivity index (χ1n) is 6.66. The minimum absolute atomic E-state index is 0.277. The van der Waals surface area contributed by atoms with Gasteiger partial charge < -0.3 is 20.1 Å². The Morgan fingerprint density at radius 1 is 1.29 bits per heavy atom. The summed E-state index contributed by atoms with van der Waals surface area (Å²) in [5.41, 5.74) is 1.69. The van der Waals surface area contributed by atoms with Crippen LogP contribution in [-0.2, 0) is 9.53 Å². The van der Waals surface area contributed by atoms with Gasteiger partial charge in [0.05, 0.1) is 25.3 Å². The van der Waals surface area contributed by atoms with Crippen LogP contribution in [0.1, 0.15) is 25.5 Å². The molecule has 1 aromatic carbocycles. The van der Waals surface area contributed by atoms with E-state index in [1.54, 1.807) is 33.1 Å². The summed E-state index contributed by atoms with van der Waals surface area (Å²) in [5.74, 6) is 0.265. The zero-order valence-electron chi connectivity index (χ0n) is 12.2. The van der Waals surface area contributed by atoms with E-state index in [9.17, 15) is 9.59 Å². The van der Waals surface area contributed by atoms with Gasteiger partial charge in [0.15, 0.2) is 0 Å². The van der Waals surface area contributed by atoms with Crippen molar-refractivity contribution in [3.8, 4) is 5.75 Å². The number of methoxy groups -OCH3 is 1. The van der Waals surface area contributed by atoms with E-state index < -0.39 is 12.0 Å². The molecule has 0 unspecified atom stereocenters. The molecule has 0 radical (unpaired) electrons. The molecule has 1 aliphatic heterocycles. The number of hydrogen-bond donors (Lipinski definition) is 2. The van der Waals surface area contributed by atoms with Crippen molar-refractivity contribution >= 4 is 12.0 Å². The van der Waals surface area contributed by atoms with Crippen LogP contribution in [-0.4, -0.2) is 25.7 Å². The molecule has 0 bridgehead atoms. The summed E-state index contributed by atoms with van der Waals surface area (Å²) in [7, 11) is 1.58. The molecule has 0 spiro atoms. The Kier molecular flexibility index (Phi) is 4.47. The number of carbonyl (C=O) groups excluding carboxylic acids is 2. The number of allylic oxidation sites excluding steroid dienone is 1. The predicted octanol–water partition coefficient (Wildman–Crippen LogP) is 1.89. The number of esters is 1. The van der Waals surface area contributed by atoms with Gasteiger partial charge in [-0.3, -0.25) is 0 Å². The van der Waals surface area contributed by atoms with Gasteiger partial charge in [-0.2, -0.15) is 0 Å². The van der Waals surface area contributed by atoms with E-state index in [0.717, 1.165) is 5.56 Å².